The van der Waals surface area contributed by atoms with Gasteiger partial charge in [-0.3, -0.25) is 0 Å². The van der Waals surface area contributed by atoms with E-state index < -0.39 is 11.3 Å². The fourth-order valence-corrected chi connectivity index (χ4v) is 4.10. The van der Waals surface area contributed by atoms with E-state index >= 15 is 0 Å². The number of benzene rings is 2. The lowest BCUT2D eigenvalue weighted by Crippen LogP contribution is -2.32. The molecule has 1 atom stereocenters. The molecule has 0 radical (unpaired) electrons. The molecule has 0 saturated carbocycles. The molecule has 0 spiro atoms. The van der Waals surface area contributed by atoms with E-state index in [2.05, 4.69) is 24.1 Å². The summed E-state index contributed by atoms with van der Waals surface area (Å²) in [7, 11) is 8.52. The quantitative estimate of drug-likeness (QED) is 0.419. The van der Waals surface area contributed by atoms with E-state index in [1.165, 1.54) is 5.56 Å². The van der Waals surface area contributed by atoms with Crippen molar-refractivity contribution in [1.29, 1.82) is 5.26 Å². The van der Waals surface area contributed by atoms with E-state index in [9.17, 15) is 5.26 Å². The van der Waals surface area contributed by atoms with Crippen LogP contribution in [0.3, 0.4) is 0 Å². The van der Waals surface area contributed by atoms with Gasteiger partial charge in [-0.05, 0) is 74.1 Å². The van der Waals surface area contributed by atoms with Crippen LogP contribution in [0.25, 0.3) is 0 Å². The first-order chi connectivity index (χ1) is 16.1. The lowest BCUT2D eigenvalue weighted by molar-refractivity contribution is 0.292. The first-order valence-electron chi connectivity index (χ1n) is 11.7. The van der Waals surface area contributed by atoms with E-state index in [0.29, 0.717) is 17.9 Å². The number of hydrogen-bond donors (Lipinski definition) is 0. The largest absolute Gasteiger partial charge is 0.493 e. The number of rotatable bonds is 13. The van der Waals surface area contributed by atoms with Crippen LogP contribution in [0, 0.1) is 17.2 Å². The Bertz CT molecular complexity index is 984. The summed E-state index contributed by atoms with van der Waals surface area (Å²) in [4.78, 5) is 2.25. The second-order valence-corrected chi connectivity index (χ2v) is 8.43. The molecule has 0 aromatic heterocycles. The minimum Gasteiger partial charge on any atom is -0.493 e. The highest BCUT2D eigenvalue weighted by atomic mass is 16.5. The molecular formula is C27H38N2O4. The lowest BCUT2D eigenvalue weighted by atomic mass is 9.69. The second kappa shape index (κ2) is 12.4. The van der Waals surface area contributed by atoms with Gasteiger partial charge < -0.3 is 23.8 Å². The Morgan fingerprint density at radius 1 is 0.909 bits per heavy atom. The number of nitrogens with zero attached hydrogens (tertiary/aromatic N) is 2. The summed E-state index contributed by atoms with van der Waals surface area (Å²) in [6.45, 7) is 5.29. The maximum atomic E-state index is 10.3. The Labute approximate surface area is 200 Å². The zero-order chi connectivity index (χ0) is 25.4. The maximum absolute atomic E-state index is 10.3. The zero-order valence-electron chi connectivity index (χ0n) is 22.0. The van der Waals surface area contributed by atoms with Crippen molar-refractivity contribution < 1.29 is 20.3 Å². The van der Waals surface area contributed by atoms with Crippen LogP contribution in [-0.4, -0.2) is 53.5 Å². The van der Waals surface area contributed by atoms with E-state index in [-0.39, 0.29) is 0 Å². The van der Waals surface area contributed by atoms with Crippen LogP contribution in [0.1, 0.15) is 39.2 Å². The summed E-state index contributed by atoms with van der Waals surface area (Å²) >= 11 is 0. The van der Waals surface area contributed by atoms with Gasteiger partial charge in [0.25, 0.3) is 0 Å². The Hall–Kier alpha value is -2.91. The lowest BCUT2D eigenvalue weighted by Gasteiger charge is -2.32. The van der Waals surface area contributed by atoms with Gasteiger partial charge in [0.05, 0.1) is 39.9 Å². The topological polar surface area (TPSA) is 64.0 Å². The minimum absolute atomic E-state index is 0.566. The predicted molar refractivity (Wildman–Crippen MR) is 132 cm³/mol. The van der Waals surface area contributed by atoms with Gasteiger partial charge in [0.15, 0.2) is 23.0 Å². The molecule has 0 heterocycles. The van der Waals surface area contributed by atoms with Gasteiger partial charge in [-0.25, -0.2) is 0 Å². The molecule has 0 fully saturated rings. The summed E-state index contributed by atoms with van der Waals surface area (Å²) in [6.07, 6.45) is 2.22. The zero-order valence-corrected chi connectivity index (χ0v) is 21.0. The van der Waals surface area contributed by atoms with Crippen LogP contribution in [0.15, 0.2) is 36.4 Å². The standard InChI is InChI=1S/C27H38N2O4/c1-20(2)27(19-28,22-10-12-24(31-5)26(18-22)33-7)14-8-15-29(3)16-13-21-9-11-23(30-4)25(17-21)32-6/h9-12,17-18,20H,8,13-16H2,1-7H3/i20D. The normalized spacial score (nSPS) is 13.6. The van der Waals surface area contributed by atoms with E-state index in [0.717, 1.165) is 43.0 Å². The van der Waals surface area contributed by atoms with E-state index in [1.807, 2.05) is 24.3 Å². The van der Waals surface area contributed by atoms with Crippen LogP contribution >= 0.6 is 0 Å². The van der Waals surface area contributed by atoms with Gasteiger partial charge in [-0.15, -0.1) is 0 Å². The highest BCUT2D eigenvalue weighted by molar-refractivity contribution is 5.47. The minimum atomic E-state index is -1.00. The molecule has 0 saturated heterocycles. The second-order valence-electron chi connectivity index (χ2n) is 8.43. The van der Waals surface area contributed by atoms with Crippen LogP contribution < -0.4 is 18.9 Å². The Balaban J connectivity index is 2.08. The molecule has 0 aliphatic heterocycles. The average molecular weight is 456 g/mol. The van der Waals surface area contributed by atoms with Crippen molar-refractivity contribution >= 4 is 0 Å². The molecule has 0 aliphatic carbocycles. The fourth-order valence-electron chi connectivity index (χ4n) is 4.10. The van der Waals surface area contributed by atoms with Crippen molar-refractivity contribution in [3.8, 4) is 29.1 Å². The molecule has 2 aromatic rings. The number of likely N-dealkylation sites (N-methyl/N-ethyl adjacent to an activating group) is 1. The van der Waals surface area contributed by atoms with Gasteiger partial charge >= 0.3 is 0 Å². The number of methoxy groups -OCH3 is 4. The van der Waals surface area contributed by atoms with Crippen molar-refractivity contribution in [2.75, 3.05) is 48.6 Å². The van der Waals surface area contributed by atoms with Gasteiger partial charge in [0.1, 0.15) is 0 Å². The summed E-state index contributed by atoms with van der Waals surface area (Å²) in [5, 5.41) is 10.3. The van der Waals surface area contributed by atoms with Gasteiger partial charge in [-0.2, -0.15) is 5.26 Å². The summed E-state index contributed by atoms with van der Waals surface area (Å²) < 4.78 is 30.3. The van der Waals surface area contributed by atoms with Gasteiger partial charge in [-0.1, -0.05) is 26.0 Å². The average Bonchev–Trinajstić information content (AvgIpc) is 2.83. The van der Waals surface area contributed by atoms with Crippen LogP contribution in [0.5, 0.6) is 23.0 Å². The third kappa shape index (κ3) is 6.33. The molecule has 1 unspecified atom stereocenters. The third-order valence-electron chi connectivity index (χ3n) is 6.24. The van der Waals surface area contributed by atoms with Crippen LogP contribution in [0.2, 0.25) is 0 Å². The molecule has 2 rings (SSSR count). The predicted octanol–water partition coefficient (Wildman–Crippen LogP) is 5.09. The maximum Gasteiger partial charge on any atom is 0.161 e. The number of hydrogen-bond acceptors (Lipinski definition) is 6. The molecule has 2 aromatic carbocycles. The van der Waals surface area contributed by atoms with E-state index in [4.69, 9.17) is 20.3 Å². The molecular weight excluding hydrogens is 416 g/mol. The Kier molecular flexibility index (Phi) is 9.26. The summed E-state index contributed by atoms with van der Waals surface area (Å²) in [5.41, 5.74) is 0.977. The number of nitriles is 1. The smallest absolute Gasteiger partial charge is 0.161 e. The molecule has 0 N–H and O–H groups in total. The van der Waals surface area contributed by atoms with Crippen molar-refractivity contribution in [2.45, 2.75) is 38.5 Å². The van der Waals surface area contributed by atoms with Crippen molar-refractivity contribution in [1.82, 2.24) is 4.90 Å². The highest BCUT2D eigenvalue weighted by Crippen LogP contribution is 2.40. The molecule has 0 amide bonds. The van der Waals surface area contributed by atoms with Crippen molar-refractivity contribution in [3.63, 3.8) is 0 Å². The van der Waals surface area contributed by atoms with Crippen molar-refractivity contribution in [2.24, 2.45) is 5.89 Å². The van der Waals surface area contributed by atoms with Crippen LogP contribution in [0.4, 0.5) is 0 Å². The van der Waals surface area contributed by atoms with Gasteiger partial charge in [0.2, 0.25) is 0 Å². The van der Waals surface area contributed by atoms with Crippen LogP contribution in [-0.2, 0) is 11.8 Å². The molecule has 0 aliphatic rings. The number of ether oxygens (including phenoxy) is 4. The third-order valence-corrected chi connectivity index (χ3v) is 6.24. The summed E-state index contributed by atoms with van der Waals surface area (Å²) in [6, 6.07) is 14.0. The summed E-state index contributed by atoms with van der Waals surface area (Å²) in [5.74, 6) is 1.63. The molecule has 180 valence electrons. The van der Waals surface area contributed by atoms with Gasteiger partial charge in [0, 0.05) is 7.92 Å². The van der Waals surface area contributed by atoms with E-state index in [1.54, 1.807) is 48.4 Å². The molecule has 33 heavy (non-hydrogen) atoms. The SMILES string of the molecule is [2H]C(C)(C)C(C#N)(CCCN(C)CCc1ccc(OC)c(OC)c1)c1ccc(OC)c(OC)c1. The first kappa shape index (κ1) is 24.7. The molecule has 6 heteroatoms. The first-order valence-corrected chi connectivity index (χ1v) is 11.2. The monoisotopic (exact) mass is 455 g/mol. The Morgan fingerprint density at radius 3 is 2.03 bits per heavy atom. The molecule has 6 nitrogen and oxygen atoms in total. The molecule has 0 bridgehead atoms. The Morgan fingerprint density at radius 2 is 1.48 bits per heavy atom. The van der Waals surface area contributed by atoms with Crippen molar-refractivity contribution in [3.05, 3.63) is 47.5 Å². The fraction of sp³-hybridized carbons (Fsp3) is 0.519. The highest BCUT2D eigenvalue weighted by Gasteiger charge is 2.36.